The molecule has 1 aromatic rings. The van der Waals surface area contributed by atoms with Gasteiger partial charge in [-0.3, -0.25) is 4.79 Å². The average molecular weight is 532 g/mol. The molecule has 4 saturated carbocycles. The second-order valence-electron chi connectivity index (χ2n) is 15.9. The van der Waals surface area contributed by atoms with Crippen molar-refractivity contribution in [3.8, 4) is 0 Å². The number of hydrogen-bond acceptors (Lipinski definition) is 5. The van der Waals surface area contributed by atoms with Crippen molar-refractivity contribution in [2.75, 3.05) is 0 Å². The van der Waals surface area contributed by atoms with E-state index in [-0.39, 0.29) is 56.8 Å². The van der Waals surface area contributed by atoms with Crippen LogP contribution in [0.4, 0.5) is 0 Å². The Bertz CT molecular complexity index is 1320. The van der Waals surface area contributed by atoms with Gasteiger partial charge in [-0.15, -0.1) is 10.2 Å². The van der Waals surface area contributed by atoms with Crippen molar-refractivity contribution in [3.63, 3.8) is 0 Å². The summed E-state index contributed by atoms with van der Waals surface area (Å²) in [5.74, 6) is 2.92. The largest absolute Gasteiger partial charge is 0.425 e. The highest BCUT2D eigenvalue weighted by atomic mass is 16.4. The van der Waals surface area contributed by atoms with Crippen LogP contribution in [0.3, 0.4) is 0 Å². The van der Waals surface area contributed by atoms with E-state index in [0.29, 0.717) is 29.9 Å². The minimum Gasteiger partial charge on any atom is -0.425 e. The molecule has 0 spiro atoms. The highest BCUT2D eigenvalue weighted by molar-refractivity contribution is 6.02. The van der Waals surface area contributed by atoms with E-state index >= 15 is 0 Å². The van der Waals surface area contributed by atoms with Crippen LogP contribution >= 0.6 is 0 Å². The van der Waals surface area contributed by atoms with Gasteiger partial charge in [0, 0.05) is 30.6 Å². The molecule has 0 amide bonds. The fraction of sp³-hybridized carbons (Fsp3) is 0.788. The summed E-state index contributed by atoms with van der Waals surface area (Å²) in [5, 5.41) is 8.64. The van der Waals surface area contributed by atoms with E-state index in [9.17, 15) is 9.59 Å². The lowest BCUT2D eigenvalue weighted by Gasteiger charge is -2.71. The lowest BCUT2D eigenvalue weighted by molar-refractivity contribution is -0.212. The van der Waals surface area contributed by atoms with E-state index in [2.05, 4.69) is 49.7 Å². The molecule has 1 heterocycles. The van der Waals surface area contributed by atoms with Gasteiger partial charge in [-0.05, 0) is 83.9 Å². The van der Waals surface area contributed by atoms with E-state index in [1.165, 1.54) is 0 Å². The van der Waals surface area contributed by atoms with E-state index in [1.807, 2.05) is 26.8 Å². The number of hydrogen-bond donors (Lipinski definition) is 0. The third-order valence-electron chi connectivity index (χ3n) is 13.1. The molecule has 0 saturated heterocycles. The first-order valence-electron chi connectivity index (χ1n) is 15.1. The lowest BCUT2D eigenvalue weighted by atomic mass is 9.32. The summed E-state index contributed by atoms with van der Waals surface area (Å²) >= 11 is 0. The second-order valence-corrected chi connectivity index (χ2v) is 15.9. The Kier molecular flexibility index (Phi) is 5.61. The van der Waals surface area contributed by atoms with Crippen LogP contribution < -0.4 is 0 Å². The molecule has 6 nitrogen and oxygen atoms in total. The minimum absolute atomic E-state index is 0.0197. The SMILES string of the molecule is [C-]#[N+]C1=C[C@]2(C)[C@H]3CC(=O)[C@@H]4[C@@H]5CC(C)(C)C[C@@H](c6nnc(C)o6)C5CC[C@@]4(C)[C@]3(C)CC[C@H]2C(C)(C)C1=O. The number of fused-ring (bicyclic) bond motifs is 7. The van der Waals surface area contributed by atoms with Gasteiger partial charge < -0.3 is 9.21 Å². The first-order chi connectivity index (χ1) is 18.1. The molecule has 6 heteroatoms. The Labute approximate surface area is 233 Å². The van der Waals surface area contributed by atoms with Crippen LogP contribution in [0.15, 0.2) is 16.2 Å². The minimum atomic E-state index is -0.591. The highest BCUT2D eigenvalue weighted by Crippen LogP contribution is 2.75. The Morgan fingerprint density at radius 2 is 1.62 bits per heavy atom. The summed E-state index contributed by atoms with van der Waals surface area (Å²) in [6, 6.07) is 0. The molecule has 5 aliphatic rings. The van der Waals surface area contributed by atoms with E-state index < -0.39 is 5.41 Å². The van der Waals surface area contributed by atoms with Crippen molar-refractivity contribution in [1.29, 1.82) is 0 Å². The van der Waals surface area contributed by atoms with Crippen LogP contribution in [0.2, 0.25) is 0 Å². The molecular formula is C33H45N3O3. The van der Waals surface area contributed by atoms with Crippen molar-refractivity contribution in [2.45, 2.75) is 106 Å². The van der Waals surface area contributed by atoms with Gasteiger partial charge in [0.05, 0.1) is 6.57 Å². The number of nitrogens with zero attached hydrogens (tertiary/aromatic N) is 3. The number of allylic oxidation sites excluding steroid dienone is 2. The van der Waals surface area contributed by atoms with Gasteiger partial charge in [0.25, 0.3) is 0 Å². The maximum Gasteiger partial charge on any atom is 0.226 e. The number of aryl methyl sites for hydroxylation is 1. The maximum atomic E-state index is 14.5. The van der Waals surface area contributed by atoms with Crippen molar-refractivity contribution in [1.82, 2.24) is 10.2 Å². The van der Waals surface area contributed by atoms with E-state index in [4.69, 9.17) is 11.0 Å². The first kappa shape index (κ1) is 26.9. The molecule has 39 heavy (non-hydrogen) atoms. The number of Topliss-reactive ketones (excluding diaryl/α,β-unsaturated/α-hetero) is 2. The molecule has 0 bridgehead atoms. The topological polar surface area (TPSA) is 77.4 Å². The molecular weight excluding hydrogens is 486 g/mol. The highest BCUT2D eigenvalue weighted by Gasteiger charge is 2.71. The van der Waals surface area contributed by atoms with Crippen LogP contribution in [0, 0.1) is 70.2 Å². The summed E-state index contributed by atoms with van der Waals surface area (Å²) in [5.41, 5.74) is -0.734. The van der Waals surface area contributed by atoms with Crippen LogP contribution in [0.25, 0.3) is 4.85 Å². The number of carbonyl (C=O) groups excluding carboxylic acids is 2. The first-order valence-corrected chi connectivity index (χ1v) is 15.1. The molecule has 0 N–H and O–H groups in total. The smallest absolute Gasteiger partial charge is 0.226 e. The predicted octanol–water partition coefficient (Wildman–Crippen LogP) is 7.35. The fourth-order valence-corrected chi connectivity index (χ4v) is 11.3. The predicted molar refractivity (Wildman–Crippen MR) is 148 cm³/mol. The van der Waals surface area contributed by atoms with Crippen molar-refractivity contribution in [3.05, 3.63) is 35.0 Å². The molecule has 0 aromatic carbocycles. The molecule has 5 aliphatic carbocycles. The van der Waals surface area contributed by atoms with Gasteiger partial charge in [-0.2, -0.15) is 0 Å². The summed E-state index contributed by atoms with van der Waals surface area (Å²) in [6.45, 7) is 25.5. The van der Waals surface area contributed by atoms with Crippen molar-refractivity contribution >= 4 is 11.6 Å². The molecule has 4 fully saturated rings. The fourth-order valence-electron chi connectivity index (χ4n) is 11.3. The summed E-state index contributed by atoms with van der Waals surface area (Å²) in [6.07, 6.45) is 8.70. The zero-order valence-electron chi connectivity index (χ0n) is 25.1. The molecule has 210 valence electrons. The van der Waals surface area contributed by atoms with Crippen molar-refractivity contribution < 1.29 is 14.0 Å². The zero-order chi connectivity index (χ0) is 28.3. The van der Waals surface area contributed by atoms with Crippen LogP contribution in [-0.4, -0.2) is 21.8 Å². The third kappa shape index (κ3) is 3.43. The number of ketones is 2. The Morgan fingerprint density at radius 1 is 0.923 bits per heavy atom. The molecule has 6 rings (SSSR count). The van der Waals surface area contributed by atoms with E-state index in [0.717, 1.165) is 44.4 Å². The van der Waals surface area contributed by atoms with Crippen LogP contribution in [0.1, 0.15) is 111 Å². The van der Waals surface area contributed by atoms with Gasteiger partial charge in [-0.25, -0.2) is 4.85 Å². The van der Waals surface area contributed by atoms with Gasteiger partial charge in [0.1, 0.15) is 5.78 Å². The molecule has 1 aromatic heterocycles. The Morgan fingerprint density at radius 3 is 2.26 bits per heavy atom. The van der Waals surface area contributed by atoms with Gasteiger partial charge in [0.2, 0.25) is 17.5 Å². The van der Waals surface area contributed by atoms with Gasteiger partial charge in [0.15, 0.2) is 5.78 Å². The summed E-state index contributed by atoms with van der Waals surface area (Å²) in [4.78, 5) is 31.5. The molecule has 0 radical (unpaired) electrons. The second kappa shape index (κ2) is 8.14. The van der Waals surface area contributed by atoms with Gasteiger partial charge >= 0.3 is 0 Å². The summed E-state index contributed by atoms with van der Waals surface area (Å²) in [7, 11) is 0. The number of carbonyl (C=O) groups is 2. The quantitative estimate of drug-likeness (QED) is 0.354. The number of rotatable bonds is 1. The standard InChI is InChI=1S/C33H45N3O3/c1-18-35-36-28(39-18)21-16-29(2,3)15-20-19(21)10-12-33(8)26(20)23(37)14-25-31(6)17-22(34-9)27(38)30(4,5)24(31)11-13-32(25,33)7/h17,19-21,24-26H,10-16H2,1-8H3/t19?,20-,21-,24+,25-,26+,31+,32-,33-/m1/s1. The Balaban J connectivity index is 1.43. The zero-order valence-corrected chi connectivity index (χ0v) is 25.1. The summed E-state index contributed by atoms with van der Waals surface area (Å²) < 4.78 is 6.01. The van der Waals surface area contributed by atoms with Crippen LogP contribution in [-0.2, 0) is 9.59 Å². The van der Waals surface area contributed by atoms with Crippen LogP contribution in [0.5, 0.6) is 0 Å². The third-order valence-corrected chi connectivity index (χ3v) is 13.1. The normalized spacial score (nSPS) is 46.2. The molecule has 9 atom stereocenters. The molecule has 1 unspecified atom stereocenters. The molecule has 0 aliphatic heterocycles. The average Bonchev–Trinajstić information content (AvgIpc) is 3.28. The number of aromatic nitrogens is 2. The monoisotopic (exact) mass is 531 g/mol. The van der Waals surface area contributed by atoms with Gasteiger partial charge in [-0.1, -0.05) is 54.5 Å². The lowest BCUT2D eigenvalue weighted by Crippen LogP contribution is -2.67. The van der Waals surface area contributed by atoms with E-state index in [1.54, 1.807) is 0 Å². The Hall–Kier alpha value is -2.29. The maximum absolute atomic E-state index is 14.5. The van der Waals surface area contributed by atoms with Crippen molar-refractivity contribution in [2.24, 2.45) is 56.7 Å².